The van der Waals surface area contributed by atoms with Crippen molar-refractivity contribution >= 4 is 23.9 Å². The fourth-order valence-electron chi connectivity index (χ4n) is 5.15. The Morgan fingerprint density at radius 2 is 1.23 bits per heavy atom. The van der Waals surface area contributed by atoms with Crippen LogP contribution < -0.4 is 0 Å². The molecule has 1 aliphatic heterocycles. The number of esters is 1. The van der Waals surface area contributed by atoms with Gasteiger partial charge in [0.25, 0.3) is 0 Å². The fourth-order valence-corrected chi connectivity index (χ4v) is 5.15. The number of carboxylic acid groups (broad SMARTS) is 3. The highest BCUT2D eigenvalue weighted by Crippen LogP contribution is 2.55. The van der Waals surface area contributed by atoms with Gasteiger partial charge in [-0.1, -0.05) is 19.7 Å². The summed E-state index contributed by atoms with van der Waals surface area (Å²) in [6.07, 6.45) is 8.61. The van der Waals surface area contributed by atoms with Crippen LogP contribution in [0.4, 0.5) is 0 Å². The van der Waals surface area contributed by atoms with Crippen molar-refractivity contribution in [2.24, 2.45) is 17.8 Å². The molecular weight excluding hydrogens is 456 g/mol. The molecule has 0 aromatic carbocycles. The summed E-state index contributed by atoms with van der Waals surface area (Å²) in [6, 6.07) is 0. The lowest BCUT2D eigenvalue weighted by molar-refractivity contribution is -0.142. The van der Waals surface area contributed by atoms with E-state index in [9.17, 15) is 24.3 Å². The summed E-state index contributed by atoms with van der Waals surface area (Å²) in [6.45, 7) is 12.6. The Bertz CT molecular complexity index is 772. The van der Waals surface area contributed by atoms with Crippen molar-refractivity contribution in [1.29, 1.82) is 0 Å². The predicted molar refractivity (Wildman–Crippen MR) is 129 cm³/mol. The Balaban J connectivity index is 0.000000246. The van der Waals surface area contributed by atoms with Gasteiger partial charge in [-0.15, -0.1) is 0 Å². The minimum Gasteiger partial charge on any atom is -0.478 e. The highest BCUT2D eigenvalue weighted by atomic mass is 16.5. The first kappa shape index (κ1) is 30.1. The SMILES string of the molecule is C=C(C)C(=O)O.C=C(C)C(=O)O.C=C(CC1CCC(=O)O1)C(=O)O.OC12CC3CC(CC(C3)C1)C2. The second-order valence-electron chi connectivity index (χ2n) is 10.1. The Kier molecular flexibility index (Phi) is 11.4. The van der Waals surface area contributed by atoms with E-state index < -0.39 is 17.9 Å². The van der Waals surface area contributed by atoms with Crippen LogP contribution in [0.5, 0.6) is 0 Å². The van der Waals surface area contributed by atoms with Gasteiger partial charge in [-0.25, -0.2) is 14.4 Å². The van der Waals surface area contributed by atoms with Gasteiger partial charge < -0.3 is 25.2 Å². The second kappa shape index (κ2) is 13.2. The molecule has 1 saturated heterocycles. The molecule has 0 radical (unpaired) electrons. The lowest BCUT2D eigenvalue weighted by Gasteiger charge is -2.54. The topological polar surface area (TPSA) is 158 Å². The average molecular weight is 495 g/mol. The van der Waals surface area contributed by atoms with Crippen LogP contribution in [0.25, 0.3) is 0 Å². The zero-order chi connectivity index (χ0) is 26.9. The van der Waals surface area contributed by atoms with E-state index in [1.165, 1.54) is 33.1 Å². The monoisotopic (exact) mass is 494 g/mol. The van der Waals surface area contributed by atoms with Crippen LogP contribution in [0.15, 0.2) is 36.5 Å². The summed E-state index contributed by atoms with van der Waals surface area (Å²) in [5.74, 6) is -0.468. The largest absolute Gasteiger partial charge is 0.478 e. The predicted octanol–water partition coefficient (Wildman–Crippen LogP) is 3.96. The summed E-state index contributed by atoms with van der Waals surface area (Å²) >= 11 is 0. The molecule has 0 aromatic rings. The van der Waals surface area contributed by atoms with Crippen molar-refractivity contribution < 1.29 is 44.3 Å². The van der Waals surface area contributed by atoms with Crippen LogP contribution in [-0.4, -0.2) is 56.0 Å². The molecule has 35 heavy (non-hydrogen) atoms. The normalized spacial score (nSPS) is 29.1. The van der Waals surface area contributed by atoms with E-state index in [0.717, 1.165) is 37.0 Å². The average Bonchev–Trinajstić information content (AvgIpc) is 3.12. The first-order valence-corrected chi connectivity index (χ1v) is 11.7. The van der Waals surface area contributed by atoms with Crippen LogP contribution in [0.1, 0.15) is 71.6 Å². The highest BCUT2D eigenvalue weighted by Gasteiger charge is 2.49. The van der Waals surface area contributed by atoms with Gasteiger partial charge in [0, 0.05) is 29.6 Å². The lowest BCUT2D eigenvalue weighted by atomic mass is 9.54. The maximum atomic E-state index is 10.6. The van der Waals surface area contributed by atoms with E-state index in [4.69, 9.17) is 20.1 Å². The number of rotatable bonds is 5. The van der Waals surface area contributed by atoms with Gasteiger partial charge in [0.1, 0.15) is 6.10 Å². The summed E-state index contributed by atoms with van der Waals surface area (Å²) in [5.41, 5.74) is 0.245. The number of aliphatic carboxylic acids is 3. The molecule has 4 saturated carbocycles. The number of carbonyl (C=O) groups excluding carboxylic acids is 1. The van der Waals surface area contributed by atoms with Crippen molar-refractivity contribution in [3.63, 3.8) is 0 Å². The van der Waals surface area contributed by atoms with Gasteiger partial charge in [-0.3, -0.25) is 4.79 Å². The van der Waals surface area contributed by atoms with E-state index in [-0.39, 0.29) is 40.8 Å². The van der Waals surface area contributed by atoms with Gasteiger partial charge in [0.05, 0.1) is 5.60 Å². The molecule has 1 heterocycles. The van der Waals surface area contributed by atoms with Crippen molar-refractivity contribution in [2.45, 2.75) is 83.3 Å². The number of carbonyl (C=O) groups is 4. The number of cyclic esters (lactones) is 1. The summed E-state index contributed by atoms with van der Waals surface area (Å²) in [4.78, 5) is 40.1. The third kappa shape index (κ3) is 10.9. The molecule has 4 N–H and O–H groups in total. The third-order valence-electron chi connectivity index (χ3n) is 6.48. The van der Waals surface area contributed by atoms with Crippen LogP contribution in [0, 0.1) is 17.8 Å². The Morgan fingerprint density at radius 1 is 0.857 bits per heavy atom. The van der Waals surface area contributed by atoms with Gasteiger partial charge >= 0.3 is 23.9 Å². The number of ether oxygens (including phenoxy) is 1. The highest BCUT2D eigenvalue weighted by molar-refractivity contribution is 5.86. The summed E-state index contributed by atoms with van der Waals surface area (Å²) in [7, 11) is 0. The lowest BCUT2D eigenvalue weighted by Crippen LogP contribution is -2.50. The first-order chi connectivity index (χ1) is 16.1. The zero-order valence-electron chi connectivity index (χ0n) is 20.6. The second-order valence-corrected chi connectivity index (χ2v) is 10.1. The number of hydrogen-bond donors (Lipinski definition) is 4. The van der Waals surface area contributed by atoms with Crippen LogP contribution in [0.3, 0.4) is 0 Å². The molecule has 5 fully saturated rings. The smallest absolute Gasteiger partial charge is 0.331 e. The van der Waals surface area contributed by atoms with E-state index in [1.807, 2.05) is 0 Å². The molecule has 5 aliphatic rings. The summed E-state index contributed by atoms with van der Waals surface area (Å²) < 4.78 is 4.82. The van der Waals surface area contributed by atoms with Crippen molar-refractivity contribution in [2.75, 3.05) is 0 Å². The Hall–Kier alpha value is -2.94. The molecule has 1 atom stereocenters. The number of carboxylic acids is 3. The van der Waals surface area contributed by atoms with E-state index in [1.54, 1.807) is 0 Å². The number of hydrogen-bond acceptors (Lipinski definition) is 6. The fraction of sp³-hybridized carbons (Fsp3) is 0.615. The standard InChI is InChI=1S/C10H16O.C8H10O4.2C4H6O2/c11-10-4-7-1-8(5-10)3-9(2-7)6-10;1-5(8(10)11)4-6-2-3-7(9)12-6;2*1-3(2)4(5)6/h7-9,11H,1-6H2;6H,1-4H2,(H,10,11);2*1H2,2H3,(H,5,6). The molecule has 1 unspecified atom stereocenters. The zero-order valence-corrected chi connectivity index (χ0v) is 20.6. The first-order valence-electron chi connectivity index (χ1n) is 11.7. The maximum absolute atomic E-state index is 10.6. The molecule has 196 valence electrons. The quantitative estimate of drug-likeness (QED) is 0.328. The van der Waals surface area contributed by atoms with E-state index in [0.29, 0.717) is 12.8 Å². The van der Waals surface area contributed by atoms with Crippen molar-refractivity contribution in [3.05, 3.63) is 36.5 Å². The van der Waals surface area contributed by atoms with E-state index in [2.05, 4.69) is 19.7 Å². The van der Waals surface area contributed by atoms with Gasteiger partial charge in [-0.05, 0) is 76.5 Å². The third-order valence-corrected chi connectivity index (χ3v) is 6.48. The van der Waals surface area contributed by atoms with Crippen molar-refractivity contribution in [3.8, 4) is 0 Å². The number of aliphatic hydroxyl groups is 1. The molecule has 4 aliphatic carbocycles. The Labute approximate surface area is 206 Å². The molecule has 9 nitrogen and oxygen atoms in total. The Morgan fingerprint density at radius 3 is 1.46 bits per heavy atom. The van der Waals surface area contributed by atoms with Gasteiger partial charge in [0.2, 0.25) is 0 Å². The molecule has 4 bridgehead atoms. The van der Waals surface area contributed by atoms with Crippen LogP contribution in [-0.2, 0) is 23.9 Å². The molecule has 0 spiro atoms. The molecule has 0 amide bonds. The van der Waals surface area contributed by atoms with E-state index >= 15 is 0 Å². The van der Waals surface area contributed by atoms with Crippen LogP contribution in [0.2, 0.25) is 0 Å². The molecule has 5 rings (SSSR count). The van der Waals surface area contributed by atoms with Gasteiger partial charge in [0.15, 0.2) is 0 Å². The van der Waals surface area contributed by atoms with Crippen LogP contribution >= 0.6 is 0 Å². The summed E-state index contributed by atoms with van der Waals surface area (Å²) in [5, 5.41) is 34.4. The molecule has 9 heteroatoms. The molecular formula is C26H38O9. The molecule has 0 aromatic heterocycles. The minimum atomic E-state index is -1.03. The maximum Gasteiger partial charge on any atom is 0.331 e. The van der Waals surface area contributed by atoms with Gasteiger partial charge in [-0.2, -0.15) is 0 Å². The van der Waals surface area contributed by atoms with Crippen molar-refractivity contribution in [1.82, 2.24) is 0 Å². The minimum absolute atomic E-state index is 0.0923.